The molecular weight excluding hydrogens is 367 g/mol. The molecule has 2 aromatic carbocycles. The van der Waals surface area contributed by atoms with Gasteiger partial charge < -0.3 is 10.6 Å². The predicted molar refractivity (Wildman–Crippen MR) is 105 cm³/mol. The number of nitrogens with one attached hydrogen (secondary N) is 2. The first kappa shape index (κ1) is 18.8. The Balaban J connectivity index is 1.78. The van der Waals surface area contributed by atoms with E-state index in [2.05, 4.69) is 20.6 Å². The van der Waals surface area contributed by atoms with Gasteiger partial charge in [-0.05, 0) is 43.7 Å². The predicted octanol–water partition coefficient (Wildman–Crippen LogP) is 5.00. The van der Waals surface area contributed by atoms with E-state index in [1.165, 1.54) is 18.2 Å². The number of carbonyl (C=O) groups is 1. The molecule has 0 saturated carbocycles. The number of hydrogen-bond acceptors (Lipinski definition) is 4. The first-order chi connectivity index (χ1) is 12.9. The Morgan fingerprint density at radius 2 is 1.85 bits per heavy atom. The zero-order chi connectivity index (χ0) is 19.4. The molecule has 2 N–H and O–H groups in total. The molecule has 5 nitrogen and oxygen atoms in total. The summed E-state index contributed by atoms with van der Waals surface area (Å²) < 4.78 is 13.3. The van der Waals surface area contributed by atoms with Gasteiger partial charge in [-0.25, -0.2) is 14.4 Å². The molecule has 1 amide bonds. The fourth-order valence-electron chi connectivity index (χ4n) is 2.54. The van der Waals surface area contributed by atoms with E-state index in [1.807, 2.05) is 37.3 Å². The molecule has 0 saturated heterocycles. The SMILES string of the molecule is Cc1cc(C(=O)Nc2ccc(F)c(Cl)c2)nc(NC(C)c2ccccc2)n1. The number of hydrogen-bond donors (Lipinski definition) is 2. The zero-order valence-corrected chi connectivity index (χ0v) is 15.6. The van der Waals surface area contributed by atoms with Crippen molar-refractivity contribution in [2.45, 2.75) is 19.9 Å². The van der Waals surface area contributed by atoms with Gasteiger partial charge in [-0.15, -0.1) is 0 Å². The van der Waals surface area contributed by atoms with Gasteiger partial charge in [0, 0.05) is 11.4 Å². The van der Waals surface area contributed by atoms with Crippen molar-refractivity contribution in [1.29, 1.82) is 0 Å². The molecule has 1 atom stereocenters. The normalized spacial score (nSPS) is 11.7. The highest BCUT2D eigenvalue weighted by molar-refractivity contribution is 6.31. The Labute approximate surface area is 161 Å². The summed E-state index contributed by atoms with van der Waals surface area (Å²) in [5.74, 6) is -0.624. The second-order valence-electron chi connectivity index (χ2n) is 6.08. The molecule has 3 aromatic rings. The first-order valence-corrected chi connectivity index (χ1v) is 8.74. The van der Waals surface area contributed by atoms with Crippen molar-refractivity contribution in [3.05, 3.63) is 82.4 Å². The van der Waals surface area contributed by atoms with Gasteiger partial charge in [0.05, 0.1) is 11.1 Å². The van der Waals surface area contributed by atoms with Gasteiger partial charge in [0.15, 0.2) is 0 Å². The lowest BCUT2D eigenvalue weighted by Gasteiger charge is -2.15. The van der Waals surface area contributed by atoms with Crippen molar-refractivity contribution in [3.8, 4) is 0 Å². The van der Waals surface area contributed by atoms with Crippen LogP contribution in [0.2, 0.25) is 5.02 Å². The minimum atomic E-state index is -0.547. The summed E-state index contributed by atoms with van der Waals surface area (Å²) in [6.45, 7) is 3.77. The van der Waals surface area contributed by atoms with Crippen LogP contribution in [0.5, 0.6) is 0 Å². The largest absolute Gasteiger partial charge is 0.348 e. The number of aryl methyl sites for hydroxylation is 1. The zero-order valence-electron chi connectivity index (χ0n) is 14.8. The summed E-state index contributed by atoms with van der Waals surface area (Å²) in [4.78, 5) is 21.1. The van der Waals surface area contributed by atoms with Gasteiger partial charge in [0.2, 0.25) is 5.95 Å². The fourth-order valence-corrected chi connectivity index (χ4v) is 2.72. The molecule has 0 spiro atoms. The average molecular weight is 385 g/mol. The van der Waals surface area contributed by atoms with Gasteiger partial charge in [-0.2, -0.15) is 0 Å². The maximum absolute atomic E-state index is 13.3. The van der Waals surface area contributed by atoms with E-state index in [0.29, 0.717) is 17.3 Å². The van der Waals surface area contributed by atoms with Crippen LogP contribution in [0.15, 0.2) is 54.6 Å². The Hall–Kier alpha value is -2.99. The maximum atomic E-state index is 13.3. The van der Waals surface area contributed by atoms with Crippen LogP contribution in [0.25, 0.3) is 0 Å². The van der Waals surface area contributed by atoms with E-state index in [4.69, 9.17) is 11.6 Å². The van der Waals surface area contributed by atoms with E-state index >= 15 is 0 Å². The molecule has 0 aliphatic rings. The fraction of sp³-hybridized carbons (Fsp3) is 0.150. The average Bonchev–Trinajstić information content (AvgIpc) is 2.65. The summed E-state index contributed by atoms with van der Waals surface area (Å²) in [5, 5.41) is 5.80. The summed E-state index contributed by atoms with van der Waals surface area (Å²) in [6, 6.07) is 15.4. The summed E-state index contributed by atoms with van der Waals surface area (Å²) in [6.07, 6.45) is 0. The van der Waals surface area contributed by atoms with E-state index < -0.39 is 11.7 Å². The lowest BCUT2D eigenvalue weighted by molar-refractivity contribution is 0.102. The first-order valence-electron chi connectivity index (χ1n) is 8.36. The Kier molecular flexibility index (Phi) is 5.66. The second kappa shape index (κ2) is 8.14. The molecule has 0 aliphatic carbocycles. The highest BCUT2D eigenvalue weighted by atomic mass is 35.5. The van der Waals surface area contributed by atoms with Crippen molar-refractivity contribution in [3.63, 3.8) is 0 Å². The highest BCUT2D eigenvalue weighted by Crippen LogP contribution is 2.20. The number of halogens is 2. The third kappa shape index (κ3) is 4.80. The molecule has 3 rings (SSSR count). The van der Waals surface area contributed by atoms with E-state index in [9.17, 15) is 9.18 Å². The van der Waals surface area contributed by atoms with Gasteiger partial charge >= 0.3 is 0 Å². The molecule has 0 radical (unpaired) electrons. The number of nitrogens with zero attached hydrogens (tertiary/aromatic N) is 2. The van der Waals surface area contributed by atoms with E-state index in [-0.39, 0.29) is 16.8 Å². The molecule has 0 fully saturated rings. The highest BCUT2D eigenvalue weighted by Gasteiger charge is 2.14. The number of anilines is 2. The van der Waals surface area contributed by atoms with Crippen molar-refractivity contribution in [1.82, 2.24) is 9.97 Å². The quantitative estimate of drug-likeness (QED) is 0.649. The molecule has 1 aromatic heterocycles. The van der Waals surface area contributed by atoms with Crippen molar-refractivity contribution in [2.24, 2.45) is 0 Å². The van der Waals surface area contributed by atoms with Crippen LogP contribution in [0.3, 0.4) is 0 Å². The van der Waals surface area contributed by atoms with Crippen molar-refractivity contribution in [2.75, 3.05) is 10.6 Å². The third-order valence-corrected chi connectivity index (χ3v) is 4.20. The molecule has 1 unspecified atom stereocenters. The molecule has 7 heteroatoms. The van der Waals surface area contributed by atoms with Crippen LogP contribution in [0.1, 0.15) is 34.7 Å². The van der Waals surface area contributed by atoms with Crippen LogP contribution in [0, 0.1) is 12.7 Å². The maximum Gasteiger partial charge on any atom is 0.274 e. The smallest absolute Gasteiger partial charge is 0.274 e. The lowest BCUT2D eigenvalue weighted by atomic mass is 10.1. The van der Waals surface area contributed by atoms with Crippen LogP contribution in [0.4, 0.5) is 16.0 Å². The van der Waals surface area contributed by atoms with E-state index in [0.717, 1.165) is 5.56 Å². The van der Waals surface area contributed by atoms with Gasteiger partial charge in [0.25, 0.3) is 5.91 Å². The topological polar surface area (TPSA) is 66.9 Å². The van der Waals surface area contributed by atoms with Crippen LogP contribution in [-0.4, -0.2) is 15.9 Å². The lowest BCUT2D eigenvalue weighted by Crippen LogP contribution is -2.17. The number of carbonyl (C=O) groups excluding carboxylic acids is 1. The van der Waals surface area contributed by atoms with Crippen LogP contribution >= 0.6 is 11.6 Å². The molecule has 27 heavy (non-hydrogen) atoms. The van der Waals surface area contributed by atoms with Gasteiger partial charge in [-0.1, -0.05) is 41.9 Å². The van der Waals surface area contributed by atoms with Crippen molar-refractivity contribution >= 4 is 29.1 Å². The Morgan fingerprint density at radius 1 is 1.11 bits per heavy atom. The molecule has 138 valence electrons. The summed E-state index contributed by atoms with van der Waals surface area (Å²) >= 11 is 5.75. The Morgan fingerprint density at radius 3 is 2.56 bits per heavy atom. The number of rotatable bonds is 5. The van der Waals surface area contributed by atoms with Crippen LogP contribution < -0.4 is 10.6 Å². The minimum Gasteiger partial charge on any atom is -0.348 e. The summed E-state index contributed by atoms with van der Waals surface area (Å²) in [7, 11) is 0. The minimum absolute atomic E-state index is 0.0279. The number of aromatic nitrogens is 2. The number of amides is 1. The van der Waals surface area contributed by atoms with Gasteiger partial charge in [0.1, 0.15) is 11.5 Å². The molecule has 0 aliphatic heterocycles. The number of benzene rings is 2. The third-order valence-electron chi connectivity index (χ3n) is 3.91. The summed E-state index contributed by atoms with van der Waals surface area (Å²) in [5.41, 5.74) is 2.31. The molecule has 1 heterocycles. The molecule has 0 bridgehead atoms. The standard InChI is InChI=1S/C20H18ClFN4O/c1-12-10-18(19(27)25-15-8-9-17(22)16(21)11-15)26-20(23-12)24-13(2)14-6-4-3-5-7-14/h3-11,13H,1-2H3,(H,25,27)(H,23,24,26). The molecular formula is C20H18ClFN4O. The van der Waals surface area contributed by atoms with Crippen molar-refractivity contribution < 1.29 is 9.18 Å². The van der Waals surface area contributed by atoms with Gasteiger partial charge in [-0.3, -0.25) is 4.79 Å². The van der Waals surface area contributed by atoms with Crippen LogP contribution in [-0.2, 0) is 0 Å². The monoisotopic (exact) mass is 384 g/mol. The second-order valence-corrected chi connectivity index (χ2v) is 6.49. The Bertz CT molecular complexity index is 965. The van der Waals surface area contributed by atoms with E-state index in [1.54, 1.807) is 13.0 Å².